The minimum Gasteiger partial charge on any atom is -0.325 e. The molecular weight excluding hydrogens is 323 g/mol. The normalized spacial score (nSPS) is 10.3. The van der Waals surface area contributed by atoms with Gasteiger partial charge >= 0.3 is 0 Å². The van der Waals surface area contributed by atoms with Crippen LogP contribution in [-0.4, -0.2) is 10.5 Å². The summed E-state index contributed by atoms with van der Waals surface area (Å²) in [5.74, 6) is -0.368. The fourth-order valence-electron chi connectivity index (χ4n) is 1.57. The Morgan fingerprint density at radius 3 is 2.40 bits per heavy atom. The highest BCUT2D eigenvalue weighted by molar-refractivity contribution is 6.34. The molecule has 0 aliphatic rings. The number of anilines is 1. The van der Waals surface area contributed by atoms with E-state index in [0.29, 0.717) is 10.7 Å². The summed E-state index contributed by atoms with van der Waals surface area (Å²) < 4.78 is 1.15. The lowest BCUT2D eigenvalue weighted by molar-refractivity contribution is -0.116. The first-order chi connectivity index (χ1) is 9.45. The van der Waals surface area contributed by atoms with Gasteiger partial charge in [0.25, 0.3) is 5.56 Å². The van der Waals surface area contributed by atoms with Gasteiger partial charge in [0.2, 0.25) is 5.91 Å². The molecule has 4 nitrogen and oxygen atoms in total. The molecule has 0 aliphatic heterocycles. The second-order valence-electron chi connectivity index (χ2n) is 3.99. The molecule has 0 aliphatic carbocycles. The number of rotatable bonds is 3. The molecule has 2 aromatic rings. The third-order valence-electron chi connectivity index (χ3n) is 2.45. The largest absolute Gasteiger partial charge is 0.325 e. The van der Waals surface area contributed by atoms with Crippen molar-refractivity contribution >= 4 is 46.4 Å². The predicted molar refractivity (Wildman–Crippen MR) is 80.8 cm³/mol. The Hall–Kier alpha value is -1.49. The van der Waals surface area contributed by atoms with Crippen LogP contribution in [0.15, 0.2) is 41.3 Å². The van der Waals surface area contributed by atoms with Crippen LogP contribution in [0.1, 0.15) is 0 Å². The van der Waals surface area contributed by atoms with Crippen LogP contribution in [0, 0.1) is 0 Å². The molecule has 0 fully saturated rings. The number of pyridine rings is 1. The molecule has 1 aromatic carbocycles. The van der Waals surface area contributed by atoms with Gasteiger partial charge in [-0.15, -0.1) is 0 Å². The molecule has 0 radical (unpaired) electrons. The van der Waals surface area contributed by atoms with Crippen molar-refractivity contribution in [2.45, 2.75) is 6.54 Å². The number of carbonyl (C=O) groups is 1. The summed E-state index contributed by atoms with van der Waals surface area (Å²) in [7, 11) is 0. The van der Waals surface area contributed by atoms with E-state index < -0.39 is 5.56 Å². The molecule has 1 N–H and O–H groups in total. The fraction of sp³-hybridized carbons (Fsp3) is 0.0769. The van der Waals surface area contributed by atoms with Gasteiger partial charge in [0, 0.05) is 16.9 Å². The summed E-state index contributed by atoms with van der Waals surface area (Å²) in [5.41, 5.74) is 0.114. The van der Waals surface area contributed by atoms with Crippen molar-refractivity contribution in [3.63, 3.8) is 0 Å². The zero-order valence-corrected chi connectivity index (χ0v) is 12.3. The summed E-state index contributed by atoms with van der Waals surface area (Å²) in [6, 6.07) is 7.96. The Kier molecular flexibility index (Phi) is 4.70. The molecular formula is C13H9Cl3N2O2. The number of halogens is 3. The maximum atomic E-state index is 11.9. The molecule has 0 saturated heterocycles. The van der Waals surface area contributed by atoms with Gasteiger partial charge in [-0.25, -0.2) is 0 Å². The molecule has 0 atom stereocenters. The van der Waals surface area contributed by atoms with Crippen LogP contribution in [0.4, 0.5) is 5.69 Å². The van der Waals surface area contributed by atoms with Crippen LogP contribution < -0.4 is 10.9 Å². The number of hydrogen-bond acceptors (Lipinski definition) is 2. The lowest BCUT2D eigenvalue weighted by Gasteiger charge is -2.08. The third kappa shape index (κ3) is 3.76. The standard InChI is InChI=1S/C13H9Cl3N2O2/c14-8-1-3-10(4-2-8)17-12(19)7-18-6-9(15)5-11(16)13(18)20/h1-6H,7H2,(H,17,19). The summed E-state index contributed by atoms with van der Waals surface area (Å²) in [6.07, 6.45) is 1.36. The first-order valence-electron chi connectivity index (χ1n) is 5.56. The molecule has 1 amide bonds. The second kappa shape index (κ2) is 6.31. The van der Waals surface area contributed by atoms with Crippen molar-refractivity contribution in [2.24, 2.45) is 0 Å². The quantitative estimate of drug-likeness (QED) is 0.936. The van der Waals surface area contributed by atoms with Gasteiger partial charge in [0.05, 0.1) is 5.02 Å². The lowest BCUT2D eigenvalue weighted by atomic mass is 10.3. The van der Waals surface area contributed by atoms with Gasteiger partial charge in [-0.05, 0) is 30.3 Å². The SMILES string of the molecule is O=C(Cn1cc(Cl)cc(Cl)c1=O)Nc1ccc(Cl)cc1. The number of carbonyl (C=O) groups excluding carboxylic acids is 1. The van der Waals surface area contributed by atoms with E-state index in [0.717, 1.165) is 4.57 Å². The summed E-state index contributed by atoms with van der Waals surface area (Å²) >= 11 is 17.3. The first-order valence-corrected chi connectivity index (χ1v) is 6.70. The van der Waals surface area contributed by atoms with Crippen LogP contribution in [0.5, 0.6) is 0 Å². The van der Waals surface area contributed by atoms with E-state index >= 15 is 0 Å². The van der Waals surface area contributed by atoms with E-state index in [1.807, 2.05) is 0 Å². The Bertz CT molecular complexity index is 696. The van der Waals surface area contributed by atoms with Crippen LogP contribution in [-0.2, 0) is 11.3 Å². The molecule has 0 bridgehead atoms. The van der Waals surface area contributed by atoms with E-state index in [1.165, 1.54) is 12.3 Å². The van der Waals surface area contributed by atoms with E-state index in [1.54, 1.807) is 24.3 Å². The zero-order chi connectivity index (χ0) is 14.7. The van der Waals surface area contributed by atoms with Gasteiger partial charge in [0.1, 0.15) is 11.6 Å². The van der Waals surface area contributed by atoms with E-state index in [9.17, 15) is 9.59 Å². The predicted octanol–water partition coefficient (Wildman–Crippen LogP) is 3.45. The van der Waals surface area contributed by atoms with Crippen molar-refractivity contribution in [1.29, 1.82) is 0 Å². The number of hydrogen-bond donors (Lipinski definition) is 1. The minimum absolute atomic E-state index is 0.0307. The minimum atomic E-state index is -0.470. The Balaban J connectivity index is 2.12. The van der Waals surface area contributed by atoms with Gasteiger partial charge in [-0.1, -0.05) is 34.8 Å². The zero-order valence-electron chi connectivity index (χ0n) is 10.1. The highest BCUT2D eigenvalue weighted by atomic mass is 35.5. The fourth-order valence-corrected chi connectivity index (χ4v) is 2.21. The number of amides is 1. The number of benzene rings is 1. The topological polar surface area (TPSA) is 51.1 Å². The first kappa shape index (κ1) is 14.9. The molecule has 0 unspecified atom stereocenters. The van der Waals surface area contributed by atoms with Gasteiger partial charge in [-0.2, -0.15) is 0 Å². The highest BCUT2D eigenvalue weighted by Crippen LogP contribution is 2.14. The van der Waals surface area contributed by atoms with Crippen molar-refractivity contribution in [2.75, 3.05) is 5.32 Å². The van der Waals surface area contributed by atoms with Crippen LogP contribution in [0.3, 0.4) is 0 Å². The molecule has 1 aromatic heterocycles. The van der Waals surface area contributed by atoms with E-state index in [4.69, 9.17) is 34.8 Å². The molecule has 20 heavy (non-hydrogen) atoms. The number of nitrogens with zero attached hydrogens (tertiary/aromatic N) is 1. The molecule has 0 spiro atoms. The summed E-state index contributed by atoms with van der Waals surface area (Å²) in [5, 5.41) is 3.47. The van der Waals surface area contributed by atoms with Gasteiger partial charge < -0.3 is 9.88 Å². The van der Waals surface area contributed by atoms with Gasteiger partial charge in [-0.3, -0.25) is 9.59 Å². The van der Waals surface area contributed by atoms with E-state index in [-0.39, 0.29) is 22.5 Å². The number of nitrogens with one attached hydrogen (secondary N) is 1. The maximum absolute atomic E-state index is 11.9. The smallest absolute Gasteiger partial charge is 0.269 e. The summed E-state index contributed by atoms with van der Waals surface area (Å²) in [4.78, 5) is 23.6. The molecule has 104 valence electrons. The number of aromatic nitrogens is 1. The molecule has 7 heteroatoms. The maximum Gasteiger partial charge on any atom is 0.269 e. The highest BCUT2D eigenvalue weighted by Gasteiger charge is 2.08. The van der Waals surface area contributed by atoms with Crippen LogP contribution in [0.25, 0.3) is 0 Å². The van der Waals surface area contributed by atoms with E-state index in [2.05, 4.69) is 5.32 Å². The lowest BCUT2D eigenvalue weighted by Crippen LogP contribution is -2.27. The Morgan fingerprint density at radius 2 is 1.75 bits per heavy atom. The van der Waals surface area contributed by atoms with Gasteiger partial charge in [0.15, 0.2) is 0 Å². The Labute approximate surface area is 129 Å². The van der Waals surface area contributed by atoms with Crippen LogP contribution >= 0.6 is 34.8 Å². The molecule has 0 saturated carbocycles. The Morgan fingerprint density at radius 1 is 1.10 bits per heavy atom. The monoisotopic (exact) mass is 330 g/mol. The molecule has 1 heterocycles. The van der Waals surface area contributed by atoms with Crippen molar-refractivity contribution in [3.05, 3.63) is 62.0 Å². The average molecular weight is 332 g/mol. The third-order valence-corrected chi connectivity index (χ3v) is 3.18. The second-order valence-corrected chi connectivity index (χ2v) is 5.27. The average Bonchev–Trinajstić information content (AvgIpc) is 2.38. The van der Waals surface area contributed by atoms with Crippen molar-refractivity contribution in [3.8, 4) is 0 Å². The molecule has 2 rings (SSSR count). The summed E-state index contributed by atoms with van der Waals surface area (Å²) in [6.45, 7) is -0.179. The van der Waals surface area contributed by atoms with Crippen molar-refractivity contribution < 1.29 is 4.79 Å². The van der Waals surface area contributed by atoms with Crippen molar-refractivity contribution in [1.82, 2.24) is 4.57 Å². The van der Waals surface area contributed by atoms with Crippen LogP contribution in [0.2, 0.25) is 15.1 Å².